The van der Waals surface area contributed by atoms with Crippen molar-refractivity contribution in [2.45, 2.75) is 9.79 Å². The summed E-state index contributed by atoms with van der Waals surface area (Å²) in [6, 6.07) is 9.53. The summed E-state index contributed by atoms with van der Waals surface area (Å²) in [5.41, 5.74) is 5.50. The van der Waals surface area contributed by atoms with Crippen LogP contribution in [0.5, 0.6) is 5.75 Å². The molecule has 0 heterocycles. The summed E-state index contributed by atoms with van der Waals surface area (Å²) in [5, 5.41) is 19.9. The second-order valence-electron chi connectivity index (χ2n) is 5.62. The zero-order valence-electron chi connectivity index (χ0n) is 15.8. The van der Waals surface area contributed by atoms with E-state index in [2.05, 4.69) is 10.2 Å². The largest absolute Gasteiger partial charge is 1.00 e. The van der Waals surface area contributed by atoms with Gasteiger partial charge in [-0.1, -0.05) is 30.0 Å². The number of anilines is 1. The number of hydrogen-bond acceptors (Lipinski definition) is 9. The molecule has 0 bridgehead atoms. The summed E-state index contributed by atoms with van der Waals surface area (Å²) >= 11 is 0. The summed E-state index contributed by atoms with van der Waals surface area (Å²) in [6.07, 6.45) is 0. The maximum absolute atomic E-state index is 12.4. The molecule has 3 rings (SSSR count). The fourth-order valence-corrected chi connectivity index (χ4v) is 3.66. The molecular formula is C16H11N3Na2O7S2. The van der Waals surface area contributed by atoms with Crippen molar-refractivity contribution in [2.75, 3.05) is 5.73 Å². The second kappa shape index (κ2) is 10.0. The van der Waals surface area contributed by atoms with Crippen LogP contribution in [0.15, 0.2) is 68.6 Å². The average molecular weight is 467 g/mol. The van der Waals surface area contributed by atoms with Gasteiger partial charge in [0.05, 0.1) is 10.6 Å². The standard InChI is InChI=1S/C16H13N3O7S2.2Na/c17-11-6-5-9-7-10(27(21,22)23)8-13(20)15(9)16(11)19-18-12-3-1-2-4-14(12)28(24,25)26;;/h1-8,20H,17H2,(H,21,22,23)(H,24,25,26);;/q;2*+1/p-2. The van der Waals surface area contributed by atoms with Crippen molar-refractivity contribution in [2.24, 2.45) is 10.2 Å². The Bertz CT molecular complexity index is 1340. The monoisotopic (exact) mass is 467 g/mol. The molecule has 3 aromatic rings. The maximum Gasteiger partial charge on any atom is 1.00 e. The smallest absolute Gasteiger partial charge is 0.872 e. The third-order valence-corrected chi connectivity index (χ3v) is 5.46. The molecule has 146 valence electrons. The van der Waals surface area contributed by atoms with Crippen LogP contribution in [0, 0.1) is 0 Å². The van der Waals surface area contributed by atoms with Crippen LogP contribution in [0.3, 0.4) is 0 Å². The van der Waals surface area contributed by atoms with Crippen LogP contribution in [-0.4, -0.2) is 25.9 Å². The quantitative estimate of drug-likeness (QED) is 0.169. The van der Waals surface area contributed by atoms with Gasteiger partial charge in [0.15, 0.2) is 0 Å². The number of rotatable bonds is 4. The Morgan fingerprint density at radius 1 is 0.933 bits per heavy atom. The van der Waals surface area contributed by atoms with Crippen LogP contribution < -0.4 is 70.0 Å². The molecule has 30 heavy (non-hydrogen) atoms. The van der Waals surface area contributed by atoms with E-state index in [1.54, 1.807) is 0 Å². The van der Waals surface area contributed by atoms with Gasteiger partial charge in [0.2, 0.25) is 0 Å². The molecule has 0 aliphatic carbocycles. The van der Waals surface area contributed by atoms with Gasteiger partial charge >= 0.3 is 59.1 Å². The number of nitrogens with zero attached hydrogens (tertiary/aromatic N) is 2. The normalized spacial score (nSPS) is 11.8. The van der Waals surface area contributed by atoms with Crippen molar-refractivity contribution in [3.05, 3.63) is 48.5 Å². The SMILES string of the molecule is Nc1ccc2cc(S(=O)(=O)[O-])cc([O-])c2c1N=Nc1ccccc1S(=O)(=O)O.[Na+].[Na+]. The third-order valence-electron chi connectivity index (χ3n) is 3.75. The van der Waals surface area contributed by atoms with E-state index in [1.165, 1.54) is 30.3 Å². The summed E-state index contributed by atoms with van der Waals surface area (Å²) in [6.45, 7) is 0. The molecule has 3 N–H and O–H groups in total. The molecule has 0 amide bonds. The van der Waals surface area contributed by atoms with Crippen molar-refractivity contribution in [1.82, 2.24) is 0 Å². The predicted molar refractivity (Wildman–Crippen MR) is 96.2 cm³/mol. The van der Waals surface area contributed by atoms with Gasteiger partial charge in [-0.2, -0.15) is 8.42 Å². The molecule has 10 nitrogen and oxygen atoms in total. The van der Waals surface area contributed by atoms with Gasteiger partial charge in [0.1, 0.15) is 26.4 Å². The van der Waals surface area contributed by atoms with Crippen molar-refractivity contribution >= 4 is 48.1 Å². The van der Waals surface area contributed by atoms with E-state index in [-0.39, 0.29) is 86.9 Å². The Hall–Kier alpha value is -1.06. The number of hydrogen-bond donors (Lipinski definition) is 2. The topological polar surface area (TPSA) is 185 Å². The summed E-state index contributed by atoms with van der Waals surface area (Å²) < 4.78 is 65.6. The summed E-state index contributed by atoms with van der Waals surface area (Å²) in [4.78, 5) is -1.20. The molecule has 0 spiro atoms. The molecule has 0 aliphatic heterocycles. The number of fused-ring (bicyclic) bond motifs is 1. The first-order valence-corrected chi connectivity index (χ1v) is 10.3. The first kappa shape index (κ1) is 27.0. The molecule has 0 fully saturated rings. The van der Waals surface area contributed by atoms with E-state index in [1.807, 2.05) is 0 Å². The van der Waals surface area contributed by atoms with Gasteiger partial charge in [-0.3, -0.25) is 4.55 Å². The summed E-state index contributed by atoms with van der Waals surface area (Å²) in [5.74, 6) is -0.823. The molecule has 0 saturated heterocycles. The molecule has 0 radical (unpaired) electrons. The van der Waals surface area contributed by atoms with Crippen molar-refractivity contribution in [1.29, 1.82) is 0 Å². The van der Waals surface area contributed by atoms with Gasteiger partial charge in [-0.05, 0) is 29.7 Å². The minimum atomic E-state index is -4.85. The fourth-order valence-electron chi connectivity index (χ4n) is 2.51. The molecule has 14 heteroatoms. The van der Waals surface area contributed by atoms with Crippen LogP contribution in [0.25, 0.3) is 10.8 Å². The average Bonchev–Trinajstić information content (AvgIpc) is 2.59. The third kappa shape index (κ3) is 5.79. The number of nitrogen functional groups attached to an aromatic ring is 1. The molecule has 0 unspecified atom stereocenters. The van der Waals surface area contributed by atoms with Crippen molar-refractivity contribution in [3.63, 3.8) is 0 Å². The minimum Gasteiger partial charge on any atom is -0.872 e. The maximum atomic E-state index is 12.4. The van der Waals surface area contributed by atoms with E-state index in [4.69, 9.17) is 5.73 Å². The Morgan fingerprint density at radius 2 is 1.57 bits per heavy atom. The predicted octanol–water partition coefficient (Wildman–Crippen LogP) is -3.93. The second-order valence-corrected chi connectivity index (χ2v) is 8.39. The van der Waals surface area contributed by atoms with Crippen LogP contribution in [0.4, 0.5) is 17.1 Å². The Morgan fingerprint density at radius 3 is 2.17 bits per heavy atom. The van der Waals surface area contributed by atoms with Crippen molar-refractivity contribution < 1.29 is 90.2 Å². The molecule has 0 aliphatic rings. The zero-order valence-corrected chi connectivity index (χ0v) is 21.4. The molecule has 0 aromatic heterocycles. The van der Waals surface area contributed by atoms with Gasteiger partial charge in [0.25, 0.3) is 10.1 Å². The fraction of sp³-hybridized carbons (Fsp3) is 0. The van der Waals surface area contributed by atoms with E-state index in [0.29, 0.717) is 6.07 Å². The molecule has 0 atom stereocenters. The van der Waals surface area contributed by atoms with Crippen molar-refractivity contribution in [3.8, 4) is 5.75 Å². The first-order valence-electron chi connectivity index (χ1n) is 7.46. The van der Waals surface area contributed by atoms with Gasteiger partial charge < -0.3 is 15.4 Å². The Kier molecular flexibility index (Phi) is 9.03. The van der Waals surface area contributed by atoms with Gasteiger partial charge in [0, 0.05) is 5.39 Å². The first-order chi connectivity index (χ1) is 13.0. The minimum absolute atomic E-state index is 0. The van der Waals surface area contributed by atoms with Crippen LogP contribution in [0.1, 0.15) is 0 Å². The Balaban J connectivity index is 0.00000225. The van der Waals surface area contributed by atoms with Gasteiger partial charge in [-0.25, -0.2) is 8.42 Å². The Labute approximate surface area is 216 Å². The van der Waals surface area contributed by atoms with Crippen LogP contribution in [0.2, 0.25) is 0 Å². The molecular weight excluding hydrogens is 456 g/mol. The number of benzene rings is 3. The zero-order chi connectivity index (χ0) is 20.7. The number of nitrogens with two attached hydrogens (primary N) is 1. The number of azo groups is 1. The van der Waals surface area contributed by atoms with Gasteiger partial charge in [-0.15, -0.1) is 10.2 Å². The summed E-state index contributed by atoms with van der Waals surface area (Å²) in [7, 11) is -9.42. The van der Waals surface area contributed by atoms with E-state index >= 15 is 0 Å². The van der Waals surface area contributed by atoms with E-state index in [9.17, 15) is 31.0 Å². The molecule has 3 aromatic carbocycles. The molecule has 0 saturated carbocycles. The van der Waals surface area contributed by atoms with Crippen LogP contribution >= 0.6 is 0 Å². The van der Waals surface area contributed by atoms with Crippen LogP contribution in [-0.2, 0) is 20.2 Å². The van der Waals surface area contributed by atoms with E-state index < -0.39 is 35.8 Å². The van der Waals surface area contributed by atoms with E-state index in [0.717, 1.165) is 12.1 Å².